The summed E-state index contributed by atoms with van der Waals surface area (Å²) in [6.07, 6.45) is 0. The van der Waals surface area contributed by atoms with Gasteiger partial charge < -0.3 is 9.80 Å². The summed E-state index contributed by atoms with van der Waals surface area (Å²) in [5, 5.41) is 0. The van der Waals surface area contributed by atoms with Crippen molar-refractivity contribution in [1.82, 2.24) is 4.90 Å². The average Bonchev–Trinajstić information content (AvgIpc) is 2.26. The van der Waals surface area contributed by atoms with Gasteiger partial charge >= 0.3 is 0 Å². The van der Waals surface area contributed by atoms with E-state index >= 15 is 0 Å². The summed E-state index contributed by atoms with van der Waals surface area (Å²) in [5.74, 6) is 0. The molecule has 0 saturated carbocycles. The van der Waals surface area contributed by atoms with Crippen molar-refractivity contribution in [3.05, 3.63) is 27.7 Å². The Hall–Kier alpha value is -0.540. The summed E-state index contributed by atoms with van der Waals surface area (Å²) < 4.78 is 1.22. The second kappa shape index (κ2) is 4.76. The molecule has 3 heteroatoms. The van der Waals surface area contributed by atoms with Crippen LogP contribution in [-0.4, -0.2) is 38.1 Å². The van der Waals surface area contributed by atoms with Crippen LogP contribution in [0, 0.1) is 13.8 Å². The van der Waals surface area contributed by atoms with Crippen molar-refractivity contribution in [2.75, 3.05) is 38.1 Å². The van der Waals surface area contributed by atoms with Crippen molar-refractivity contribution in [2.24, 2.45) is 0 Å². The number of nitrogens with zero attached hydrogens (tertiary/aromatic N) is 2. The number of anilines is 1. The van der Waals surface area contributed by atoms with E-state index in [1.54, 1.807) is 0 Å². The molecule has 1 aliphatic heterocycles. The van der Waals surface area contributed by atoms with Crippen molar-refractivity contribution >= 4 is 21.6 Å². The highest BCUT2D eigenvalue weighted by Gasteiger charge is 2.15. The molecule has 1 fully saturated rings. The molecule has 1 aliphatic rings. The summed E-state index contributed by atoms with van der Waals surface area (Å²) in [6.45, 7) is 8.92. The van der Waals surface area contributed by atoms with Gasteiger partial charge in [0.15, 0.2) is 0 Å². The minimum atomic E-state index is 1.13. The van der Waals surface area contributed by atoms with Gasteiger partial charge in [0.2, 0.25) is 0 Å². The molecule has 0 unspecified atom stereocenters. The zero-order valence-corrected chi connectivity index (χ0v) is 11.8. The Labute approximate surface area is 106 Å². The van der Waals surface area contributed by atoms with Crippen molar-refractivity contribution in [1.29, 1.82) is 0 Å². The van der Waals surface area contributed by atoms with E-state index in [1.165, 1.54) is 21.3 Å². The highest BCUT2D eigenvalue weighted by Crippen LogP contribution is 2.27. The number of benzene rings is 1. The van der Waals surface area contributed by atoms with E-state index in [2.05, 4.69) is 58.8 Å². The number of aryl methyl sites for hydroxylation is 1. The zero-order chi connectivity index (χ0) is 11.7. The second-order valence-corrected chi connectivity index (χ2v) is 5.51. The minimum Gasteiger partial charge on any atom is -0.369 e. The van der Waals surface area contributed by atoms with E-state index in [1.807, 2.05) is 0 Å². The van der Waals surface area contributed by atoms with Gasteiger partial charge in [-0.3, -0.25) is 0 Å². The predicted molar refractivity (Wildman–Crippen MR) is 73.3 cm³/mol. The summed E-state index contributed by atoms with van der Waals surface area (Å²) in [7, 11) is 2.19. The van der Waals surface area contributed by atoms with Crippen LogP contribution in [0.25, 0.3) is 0 Å². The SMILES string of the molecule is Cc1cc(N2CCN(C)CC2)cc(Br)c1C. The maximum absolute atomic E-state index is 3.64. The predicted octanol–water partition coefficient (Wildman–Crippen LogP) is 2.82. The summed E-state index contributed by atoms with van der Waals surface area (Å²) in [6, 6.07) is 4.54. The maximum Gasteiger partial charge on any atom is 0.0381 e. The number of rotatable bonds is 1. The molecule has 0 radical (unpaired) electrons. The van der Waals surface area contributed by atoms with Crippen LogP contribution in [0.2, 0.25) is 0 Å². The molecule has 2 nitrogen and oxygen atoms in total. The Morgan fingerprint density at radius 1 is 1.06 bits per heavy atom. The third kappa shape index (κ3) is 2.41. The van der Waals surface area contributed by atoms with Crippen LogP contribution in [0.1, 0.15) is 11.1 Å². The lowest BCUT2D eigenvalue weighted by atomic mass is 10.1. The normalized spacial score (nSPS) is 17.9. The molecule has 88 valence electrons. The lowest BCUT2D eigenvalue weighted by molar-refractivity contribution is 0.313. The first-order chi connectivity index (χ1) is 7.58. The first kappa shape index (κ1) is 11.9. The van der Waals surface area contributed by atoms with E-state index in [-0.39, 0.29) is 0 Å². The first-order valence-electron chi connectivity index (χ1n) is 5.78. The molecule has 1 aromatic carbocycles. The lowest BCUT2D eigenvalue weighted by Crippen LogP contribution is -2.44. The molecule has 0 spiro atoms. The van der Waals surface area contributed by atoms with E-state index in [0.717, 1.165) is 26.2 Å². The monoisotopic (exact) mass is 282 g/mol. The van der Waals surface area contributed by atoms with Gasteiger partial charge in [-0.05, 0) is 44.2 Å². The number of piperazine rings is 1. The van der Waals surface area contributed by atoms with Crippen LogP contribution in [0.15, 0.2) is 16.6 Å². The molecule has 0 amide bonds. The zero-order valence-electron chi connectivity index (χ0n) is 10.3. The molecule has 1 saturated heterocycles. The van der Waals surface area contributed by atoms with Crippen molar-refractivity contribution in [3.63, 3.8) is 0 Å². The molecule has 0 aliphatic carbocycles. The average molecular weight is 283 g/mol. The Bertz CT molecular complexity index is 359. The van der Waals surface area contributed by atoms with Crippen LogP contribution in [0.5, 0.6) is 0 Å². The minimum absolute atomic E-state index is 1.13. The topological polar surface area (TPSA) is 6.48 Å². The van der Waals surface area contributed by atoms with Gasteiger partial charge in [0, 0.05) is 36.3 Å². The molecular weight excluding hydrogens is 264 g/mol. The lowest BCUT2D eigenvalue weighted by Gasteiger charge is -2.34. The van der Waals surface area contributed by atoms with Gasteiger partial charge in [0.05, 0.1) is 0 Å². The number of likely N-dealkylation sites (N-methyl/N-ethyl adjacent to an activating group) is 1. The Morgan fingerprint density at radius 3 is 2.25 bits per heavy atom. The van der Waals surface area contributed by atoms with Crippen LogP contribution in [0.4, 0.5) is 5.69 Å². The number of halogens is 1. The summed E-state index contributed by atoms with van der Waals surface area (Å²) in [5.41, 5.74) is 4.06. The molecule has 1 aromatic rings. The Morgan fingerprint density at radius 2 is 1.69 bits per heavy atom. The summed E-state index contributed by atoms with van der Waals surface area (Å²) >= 11 is 3.64. The molecule has 0 atom stereocenters. The molecule has 2 rings (SSSR count). The van der Waals surface area contributed by atoms with Crippen LogP contribution < -0.4 is 4.90 Å². The van der Waals surface area contributed by atoms with E-state index in [4.69, 9.17) is 0 Å². The first-order valence-corrected chi connectivity index (χ1v) is 6.57. The van der Waals surface area contributed by atoms with E-state index in [9.17, 15) is 0 Å². The molecule has 0 bridgehead atoms. The Kier molecular flexibility index (Phi) is 3.55. The van der Waals surface area contributed by atoms with Gasteiger partial charge in [-0.25, -0.2) is 0 Å². The fourth-order valence-electron chi connectivity index (χ4n) is 2.05. The third-order valence-corrected chi connectivity index (χ3v) is 4.28. The third-order valence-electron chi connectivity index (χ3n) is 3.46. The highest BCUT2D eigenvalue weighted by molar-refractivity contribution is 9.10. The number of hydrogen-bond donors (Lipinski definition) is 0. The fourth-order valence-corrected chi connectivity index (χ4v) is 2.59. The van der Waals surface area contributed by atoms with Gasteiger partial charge in [-0.15, -0.1) is 0 Å². The van der Waals surface area contributed by atoms with Crippen molar-refractivity contribution < 1.29 is 0 Å². The molecular formula is C13H19BrN2. The standard InChI is InChI=1S/C13H19BrN2/c1-10-8-12(9-13(14)11(10)2)16-6-4-15(3)5-7-16/h8-9H,4-7H2,1-3H3. The Balaban J connectivity index is 2.21. The van der Waals surface area contributed by atoms with Gasteiger partial charge in [0.1, 0.15) is 0 Å². The van der Waals surface area contributed by atoms with E-state index in [0.29, 0.717) is 0 Å². The van der Waals surface area contributed by atoms with Crippen molar-refractivity contribution in [3.8, 4) is 0 Å². The molecule has 1 heterocycles. The van der Waals surface area contributed by atoms with Gasteiger partial charge in [-0.1, -0.05) is 15.9 Å². The maximum atomic E-state index is 3.64. The van der Waals surface area contributed by atoms with Crippen LogP contribution in [-0.2, 0) is 0 Å². The van der Waals surface area contributed by atoms with Crippen molar-refractivity contribution in [2.45, 2.75) is 13.8 Å². The number of hydrogen-bond acceptors (Lipinski definition) is 2. The van der Waals surface area contributed by atoms with Gasteiger partial charge in [-0.2, -0.15) is 0 Å². The second-order valence-electron chi connectivity index (χ2n) is 4.66. The summed E-state index contributed by atoms with van der Waals surface area (Å²) in [4.78, 5) is 4.85. The van der Waals surface area contributed by atoms with Crippen LogP contribution in [0.3, 0.4) is 0 Å². The largest absolute Gasteiger partial charge is 0.369 e. The van der Waals surface area contributed by atoms with Crippen LogP contribution >= 0.6 is 15.9 Å². The fraction of sp³-hybridized carbons (Fsp3) is 0.538. The highest BCUT2D eigenvalue weighted by atomic mass is 79.9. The molecule has 16 heavy (non-hydrogen) atoms. The smallest absolute Gasteiger partial charge is 0.0381 e. The molecule has 0 N–H and O–H groups in total. The quantitative estimate of drug-likeness (QED) is 0.782. The van der Waals surface area contributed by atoms with Gasteiger partial charge in [0.25, 0.3) is 0 Å². The molecule has 0 aromatic heterocycles. The van der Waals surface area contributed by atoms with E-state index < -0.39 is 0 Å².